The van der Waals surface area contributed by atoms with Crippen LogP contribution in [0.5, 0.6) is 0 Å². The Labute approximate surface area is 115 Å². The van der Waals surface area contributed by atoms with Gasteiger partial charge in [0.05, 0.1) is 0 Å². The Morgan fingerprint density at radius 1 is 1.11 bits per heavy atom. The molecule has 0 saturated heterocycles. The molecule has 96 valence electrons. The molecule has 19 heavy (non-hydrogen) atoms. The fourth-order valence-electron chi connectivity index (χ4n) is 2.37. The Morgan fingerprint density at radius 2 is 1.79 bits per heavy atom. The summed E-state index contributed by atoms with van der Waals surface area (Å²) in [7, 11) is 0. The normalized spacial score (nSPS) is 21.1. The Hall–Kier alpha value is -1.84. The maximum atomic E-state index is 12.0. The highest BCUT2D eigenvalue weighted by Gasteiger charge is 2.44. The van der Waals surface area contributed by atoms with Crippen molar-refractivity contribution in [3.63, 3.8) is 0 Å². The number of carbonyl (C=O) groups is 1. The number of benzene rings is 2. The zero-order chi connectivity index (χ0) is 13.5. The number of hydrogen-bond acceptors (Lipinski definition) is 2. The van der Waals surface area contributed by atoms with Gasteiger partial charge in [-0.05, 0) is 23.8 Å². The molecule has 1 unspecified atom stereocenters. The molecule has 0 aromatic heterocycles. The fraction of sp³-hybridized carbons (Fsp3) is 0.133. The molecular weight excluding hydrogens is 262 g/mol. The van der Waals surface area contributed by atoms with Crippen LogP contribution in [0.1, 0.15) is 11.1 Å². The molecule has 0 bridgehead atoms. The fourth-order valence-corrected chi connectivity index (χ4v) is 2.50. The summed E-state index contributed by atoms with van der Waals surface area (Å²) in [6.45, 7) is 0. The van der Waals surface area contributed by atoms with E-state index in [1.165, 1.54) is 0 Å². The van der Waals surface area contributed by atoms with E-state index < -0.39 is 5.60 Å². The molecule has 0 radical (unpaired) electrons. The molecule has 0 fully saturated rings. The van der Waals surface area contributed by atoms with E-state index in [2.05, 4.69) is 5.32 Å². The highest BCUT2D eigenvalue weighted by Crippen LogP contribution is 2.38. The molecule has 3 rings (SSSR count). The lowest BCUT2D eigenvalue weighted by Gasteiger charge is -2.20. The molecule has 1 aliphatic rings. The summed E-state index contributed by atoms with van der Waals surface area (Å²) in [6, 6.07) is 14.3. The molecule has 1 amide bonds. The van der Waals surface area contributed by atoms with Gasteiger partial charge in [0.15, 0.2) is 5.60 Å². The molecule has 2 aromatic carbocycles. The van der Waals surface area contributed by atoms with Crippen molar-refractivity contribution in [2.45, 2.75) is 12.0 Å². The number of amides is 1. The second-order valence-corrected chi connectivity index (χ2v) is 5.10. The Morgan fingerprint density at radius 3 is 2.53 bits per heavy atom. The molecule has 2 N–H and O–H groups in total. The topological polar surface area (TPSA) is 49.3 Å². The van der Waals surface area contributed by atoms with Crippen LogP contribution in [-0.2, 0) is 16.8 Å². The van der Waals surface area contributed by atoms with Crippen molar-refractivity contribution in [1.82, 2.24) is 0 Å². The van der Waals surface area contributed by atoms with Gasteiger partial charge in [-0.15, -0.1) is 0 Å². The van der Waals surface area contributed by atoms with E-state index in [1.807, 2.05) is 24.3 Å². The van der Waals surface area contributed by atoms with Crippen LogP contribution in [0.25, 0.3) is 0 Å². The molecule has 0 aliphatic carbocycles. The van der Waals surface area contributed by atoms with Crippen molar-refractivity contribution >= 4 is 23.2 Å². The second kappa shape index (κ2) is 4.37. The first kappa shape index (κ1) is 12.2. The number of halogens is 1. The summed E-state index contributed by atoms with van der Waals surface area (Å²) in [5, 5.41) is 14.0. The first-order valence-electron chi connectivity index (χ1n) is 5.97. The molecule has 4 heteroatoms. The highest BCUT2D eigenvalue weighted by atomic mass is 35.5. The van der Waals surface area contributed by atoms with E-state index in [4.69, 9.17) is 11.6 Å². The number of anilines is 1. The van der Waals surface area contributed by atoms with Gasteiger partial charge in [-0.2, -0.15) is 0 Å². The lowest BCUT2D eigenvalue weighted by molar-refractivity contribution is -0.133. The summed E-state index contributed by atoms with van der Waals surface area (Å²) in [5.74, 6) is -0.386. The molecule has 0 spiro atoms. The van der Waals surface area contributed by atoms with E-state index in [-0.39, 0.29) is 12.3 Å². The monoisotopic (exact) mass is 273 g/mol. The maximum absolute atomic E-state index is 12.0. The van der Waals surface area contributed by atoms with Gasteiger partial charge in [0.2, 0.25) is 0 Å². The number of nitrogens with one attached hydrogen (secondary N) is 1. The SMILES string of the molecule is O=C1Nc2ccccc2C1(O)Cc1ccc(Cl)cc1. The van der Waals surface area contributed by atoms with Gasteiger partial charge < -0.3 is 10.4 Å². The van der Waals surface area contributed by atoms with Gasteiger partial charge in [-0.1, -0.05) is 41.9 Å². The molecule has 2 aromatic rings. The van der Waals surface area contributed by atoms with Crippen molar-refractivity contribution in [1.29, 1.82) is 0 Å². The third-order valence-electron chi connectivity index (χ3n) is 3.37. The van der Waals surface area contributed by atoms with Crippen LogP contribution in [0.15, 0.2) is 48.5 Å². The number of fused-ring (bicyclic) bond motifs is 1. The Balaban J connectivity index is 1.99. The summed E-state index contributed by atoms with van der Waals surface area (Å²) in [4.78, 5) is 12.0. The number of hydrogen-bond donors (Lipinski definition) is 2. The van der Waals surface area contributed by atoms with E-state index in [1.54, 1.807) is 24.3 Å². The van der Waals surface area contributed by atoms with Crippen LogP contribution in [0.4, 0.5) is 5.69 Å². The predicted molar refractivity (Wildman–Crippen MR) is 74.1 cm³/mol. The summed E-state index contributed by atoms with van der Waals surface area (Å²) >= 11 is 5.83. The highest BCUT2D eigenvalue weighted by molar-refractivity contribution is 6.30. The van der Waals surface area contributed by atoms with Crippen LogP contribution in [0, 0.1) is 0 Å². The van der Waals surface area contributed by atoms with Crippen LogP contribution >= 0.6 is 11.6 Å². The van der Waals surface area contributed by atoms with Gasteiger partial charge in [0.1, 0.15) is 0 Å². The van der Waals surface area contributed by atoms with Gasteiger partial charge >= 0.3 is 0 Å². The van der Waals surface area contributed by atoms with E-state index >= 15 is 0 Å². The minimum Gasteiger partial charge on any atom is -0.375 e. The predicted octanol–water partition coefficient (Wildman–Crippen LogP) is 2.72. The van der Waals surface area contributed by atoms with Gasteiger partial charge in [0.25, 0.3) is 5.91 Å². The summed E-state index contributed by atoms with van der Waals surface area (Å²) in [5.41, 5.74) is 0.641. The zero-order valence-corrected chi connectivity index (χ0v) is 10.8. The summed E-state index contributed by atoms with van der Waals surface area (Å²) in [6.07, 6.45) is 0.229. The number of rotatable bonds is 2. The van der Waals surface area contributed by atoms with Crippen molar-refractivity contribution in [2.75, 3.05) is 5.32 Å². The molecular formula is C15H12ClNO2. The standard InChI is InChI=1S/C15H12ClNO2/c16-11-7-5-10(6-8-11)9-15(19)12-3-1-2-4-13(12)17-14(15)18/h1-8,19H,9H2,(H,17,18). The zero-order valence-electron chi connectivity index (χ0n) is 10.1. The maximum Gasteiger partial charge on any atom is 0.261 e. The lowest BCUT2D eigenvalue weighted by Crippen LogP contribution is -2.36. The van der Waals surface area contributed by atoms with E-state index in [0.717, 1.165) is 5.56 Å². The van der Waals surface area contributed by atoms with E-state index in [0.29, 0.717) is 16.3 Å². The molecule has 1 heterocycles. The molecule has 1 atom stereocenters. The second-order valence-electron chi connectivity index (χ2n) is 4.66. The quantitative estimate of drug-likeness (QED) is 0.884. The molecule has 0 saturated carbocycles. The first-order valence-corrected chi connectivity index (χ1v) is 6.35. The van der Waals surface area contributed by atoms with Crippen molar-refractivity contribution < 1.29 is 9.90 Å². The van der Waals surface area contributed by atoms with Gasteiger partial charge in [0, 0.05) is 22.7 Å². The number of aliphatic hydroxyl groups is 1. The van der Waals surface area contributed by atoms with Crippen LogP contribution in [-0.4, -0.2) is 11.0 Å². The van der Waals surface area contributed by atoms with Gasteiger partial charge in [-0.25, -0.2) is 0 Å². The van der Waals surface area contributed by atoms with Crippen LogP contribution in [0.2, 0.25) is 5.02 Å². The minimum absolute atomic E-state index is 0.229. The Bertz CT molecular complexity index is 639. The van der Waals surface area contributed by atoms with Crippen molar-refractivity contribution in [3.05, 3.63) is 64.7 Å². The van der Waals surface area contributed by atoms with Crippen LogP contribution in [0.3, 0.4) is 0 Å². The average molecular weight is 274 g/mol. The third-order valence-corrected chi connectivity index (χ3v) is 3.62. The van der Waals surface area contributed by atoms with Crippen molar-refractivity contribution in [2.24, 2.45) is 0 Å². The largest absolute Gasteiger partial charge is 0.375 e. The van der Waals surface area contributed by atoms with Crippen molar-refractivity contribution in [3.8, 4) is 0 Å². The lowest BCUT2D eigenvalue weighted by atomic mass is 9.88. The summed E-state index contributed by atoms with van der Waals surface area (Å²) < 4.78 is 0. The first-order chi connectivity index (χ1) is 9.09. The number of carbonyl (C=O) groups excluding carboxylic acids is 1. The average Bonchev–Trinajstić information content (AvgIpc) is 2.65. The third kappa shape index (κ3) is 2.01. The number of para-hydroxylation sites is 1. The molecule has 1 aliphatic heterocycles. The van der Waals surface area contributed by atoms with Gasteiger partial charge in [-0.3, -0.25) is 4.79 Å². The smallest absolute Gasteiger partial charge is 0.261 e. The molecule has 3 nitrogen and oxygen atoms in total. The van der Waals surface area contributed by atoms with E-state index in [9.17, 15) is 9.90 Å². The minimum atomic E-state index is -1.51. The Kier molecular flexibility index (Phi) is 2.81. The van der Waals surface area contributed by atoms with Crippen LogP contribution < -0.4 is 5.32 Å².